The van der Waals surface area contributed by atoms with Gasteiger partial charge in [0.25, 0.3) is 0 Å². The lowest BCUT2D eigenvalue weighted by Gasteiger charge is -2.48. The molecule has 2 aliphatic rings. The van der Waals surface area contributed by atoms with E-state index in [1.807, 2.05) is 0 Å². The lowest BCUT2D eigenvalue weighted by molar-refractivity contribution is 0.0189. The average Bonchev–Trinajstić information content (AvgIpc) is 2.85. The lowest BCUT2D eigenvalue weighted by atomic mass is 9.86. The summed E-state index contributed by atoms with van der Waals surface area (Å²) >= 11 is 0. The molecular formula is C16H32N2. The molecule has 0 aromatic carbocycles. The molecule has 1 saturated heterocycles. The van der Waals surface area contributed by atoms with Gasteiger partial charge in [0.15, 0.2) is 0 Å². The maximum absolute atomic E-state index is 6.23. The number of likely N-dealkylation sites (tertiary alicyclic amines) is 1. The predicted octanol–water partition coefficient (Wildman–Crippen LogP) is 3.55. The standard InChI is InChI=1S/C16H32N2/c1-3-7-15-8-5-6-11-18(15)16(13-17)10-9-14(4-2)12-16/h14-15H,3-13,17H2,1-2H3. The van der Waals surface area contributed by atoms with E-state index in [4.69, 9.17) is 5.73 Å². The molecule has 2 heteroatoms. The van der Waals surface area contributed by atoms with Crippen molar-refractivity contribution < 1.29 is 0 Å². The summed E-state index contributed by atoms with van der Waals surface area (Å²) in [7, 11) is 0. The van der Waals surface area contributed by atoms with Gasteiger partial charge in [-0.15, -0.1) is 0 Å². The quantitative estimate of drug-likeness (QED) is 0.811. The molecule has 1 heterocycles. The molecular weight excluding hydrogens is 220 g/mol. The average molecular weight is 252 g/mol. The first-order chi connectivity index (χ1) is 8.75. The van der Waals surface area contributed by atoms with Crippen LogP contribution in [0.1, 0.15) is 71.6 Å². The summed E-state index contributed by atoms with van der Waals surface area (Å²) < 4.78 is 0. The van der Waals surface area contributed by atoms with Crippen LogP contribution < -0.4 is 5.73 Å². The molecule has 1 aliphatic carbocycles. The van der Waals surface area contributed by atoms with Gasteiger partial charge in [-0.25, -0.2) is 0 Å². The predicted molar refractivity (Wildman–Crippen MR) is 78.7 cm³/mol. The summed E-state index contributed by atoms with van der Waals surface area (Å²) in [6.45, 7) is 6.85. The molecule has 0 radical (unpaired) electrons. The minimum atomic E-state index is 0.362. The summed E-state index contributed by atoms with van der Waals surface area (Å²) in [4.78, 5) is 2.84. The Morgan fingerprint density at radius 1 is 1.22 bits per heavy atom. The number of hydrogen-bond donors (Lipinski definition) is 1. The largest absolute Gasteiger partial charge is 0.329 e. The Kier molecular flexibility index (Phi) is 5.08. The first-order valence-electron chi connectivity index (χ1n) is 8.22. The second-order valence-electron chi connectivity index (χ2n) is 6.58. The van der Waals surface area contributed by atoms with Crippen LogP contribution in [0.5, 0.6) is 0 Å². The van der Waals surface area contributed by atoms with Gasteiger partial charge in [0.05, 0.1) is 0 Å². The molecule has 1 saturated carbocycles. The zero-order chi connectivity index (χ0) is 13.0. The minimum Gasteiger partial charge on any atom is -0.329 e. The van der Waals surface area contributed by atoms with Crippen molar-refractivity contribution in [3.8, 4) is 0 Å². The summed E-state index contributed by atoms with van der Waals surface area (Å²) in [5, 5.41) is 0. The smallest absolute Gasteiger partial charge is 0.0337 e. The highest BCUT2D eigenvalue weighted by molar-refractivity contribution is 5.01. The first-order valence-corrected chi connectivity index (χ1v) is 8.22. The Morgan fingerprint density at radius 3 is 2.67 bits per heavy atom. The topological polar surface area (TPSA) is 29.3 Å². The number of rotatable bonds is 5. The van der Waals surface area contributed by atoms with Crippen molar-refractivity contribution in [1.29, 1.82) is 0 Å². The van der Waals surface area contributed by atoms with Crippen molar-refractivity contribution in [3.05, 3.63) is 0 Å². The zero-order valence-corrected chi connectivity index (χ0v) is 12.5. The Bertz CT molecular complexity index is 251. The summed E-state index contributed by atoms with van der Waals surface area (Å²) in [5.74, 6) is 0.928. The van der Waals surface area contributed by atoms with E-state index in [-0.39, 0.29) is 0 Å². The third-order valence-electron chi connectivity index (χ3n) is 5.50. The molecule has 0 bridgehead atoms. The second kappa shape index (κ2) is 6.38. The molecule has 0 aromatic heterocycles. The molecule has 2 fully saturated rings. The van der Waals surface area contributed by atoms with Crippen LogP contribution in [0, 0.1) is 5.92 Å². The van der Waals surface area contributed by atoms with Crippen molar-refractivity contribution in [2.45, 2.75) is 83.2 Å². The van der Waals surface area contributed by atoms with Crippen molar-refractivity contribution in [2.75, 3.05) is 13.1 Å². The van der Waals surface area contributed by atoms with Crippen LogP contribution in [0.4, 0.5) is 0 Å². The molecule has 3 atom stereocenters. The van der Waals surface area contributed by atoms with E-state index in [9.17, 15) is 0 Å². The van der Waals surface area contributed by atoms with Crippen molar-refractivity contribution >= 4 is 0 Å². The second-order valence-corrected chi connectivity index (χ2v) is 6.58. The fraction of sp³-hybridized carbons (Fsp3) is 1.00. The molecule has 3 unspecified atom stereocenters. The van der Waals surface area contributed by atoms with E-state index < -0.39 is 0 Å². The van der Waals surface area contributed by atoms with E-state index in [0.29, 0.717) is 5.54 Å². The highest BCUT2D eigenvalue weighted by Crippen LogP contribution is 2.43. The van der Waals surface area contributed by atoms with Crippen LogP contribution in [0.3, 0.4) is 0 Å². The van der Waals surface area contributed by atoms with Gasteiger partial charge in [-0.3, -0.25) is 4.90 Å². The highest BCUT2D eigenvalue weighted by atomic mass is 15.2. The first kappa shape index (κ1) is 14.3. The third-order valence-corrected chi connectivity index (χ3v) is 5.50. The van der Waals surface area contributed by atoms with Crippen molar-refractivity contribution in [1.82, 2.24) is 4.90 Å². The molecule has 106 valence electrons. The minimum absolute atomic E-state index is 0.362. The van der Waals surface area contributed by atoms with Crippen molar-refractivity contribution in [3.63, 3.8) is 0 Å². The number of hydrogen-bond acceptors (Lipinski definition) is 2. The maximum Gasteiger partial charge on any atom is 0.0337 e. The van der Waals surface area contributed by atoms with Gasteiger partial charge in [-0.05, 0) is 51.0 Å². The molecule has 2 rings (SSSR count). The van der Waals surface area contributed by atoms with Gasteiger partial charge >= 0.3 is 0 Å². The van der Waals surface area contributed by atoms with Crippen LogP contribution >= 0.6 is 0 Å². The van der Waals surface area contributed by atoms with E-state index >= 15 is 0 Å². The summed E-state index contributed by atoms with van der Waals surface area (Å²) in [6, 6.07) is 0.822. The number of piperidine rings is 1. The van der Waals surface area contributed by atoms with Gasteiger partial charge < -0.3 is 5.73 Å². The highest BCUT2D eigenvalue weighted by Gasteiger charge is 2.44. The Balaban J connectivity index is 2.09. The molecule has 0 amide bonds. The Hall–Kier alpha value is -0.0800. The third kappa shape index (κ3) is 2.75. The molecule has 0 spiro atoms. The Labute approximate surface area is 113 Å². The fourth-order valence-corrected chi connectivity index (χ4v) is 4.38. The Morgan fingerprint density at radius 2 is 2.06 bits per heavy atom. The van der Waals surface area contributed by atoms with Gasteiger partial charge in [-0.1, -0.05) is 33.1 Å². The van der Waals surface area contributed by atoms with E-state index in [2.05, 4.69) is 18.7 Å². The molecule has 1 aliphatic heterocycles. The van der Waals surface area contributed by atoms with Crippen LogP contribution in [0.25, 0.3) is 0 Å². The zero-order valence-electron chi connectivity index (χ0n) is 12.5. The van der Waals surface area contributed by atoms with Crippen molar-refractivity contribution in [2.24, 2.45) is 11.7 Å². The lowest BCUT2D eigenvalue weighted by Crippen LogP contribution is -2.58. The van der Waals surface area contributed by atoms with Gasteiger partial charge in [0.2, 0.25) is 0 Å². The summed E-state index contributed by atoms with van der Waals surface area (Å²) in [5.41, 5.74) is 6.60. The van der Waals surface area contributed by atoms with Gasteiger partial charge in [-0.2, -0.15) is 0 Å². The molecule has 2 N–H and O–H groups in total. The number of nitrogens with zero attached hydrogens (tertiary/aromatic N) is 1. The summed E-state index contributed by atoms with van der Waals surface area (Å²) in [6.07, 6.45) is 12.4. The molecule has 0 aromatic rings. The van der Waals surface area contributed by atoms with Crippen LogP contribution in [0.2, 0.25) is 0 Å². The van der Waals surface area contributed by atoms with Crippen LogP contribution in [-0.4, -0.2) is 29.6 Å². The SMILES string of the molecule is CCCC1CCCCN1C1(CN)CCC(CC)C1. The van der Waals surface area contributed by atoms with Gasteiger partial charge in [0, 0.05) is 18.1 Å². The van der Waals surface area contributed by atoms with E-state index in [1.54, 1.807) is 0 Å². The molecule has 18 heavy (non-hydrogen) atoms. The monoisotopic (exact) mass is 252 g/mol. The molecule has 2 nitrogen and oxygen atoms in total. The number of nitrogens with two attached hydrogens (primary N) is 1. The fourth-order valence-electron chi connectivity index (χ4n) is 4.38. The normalized spacial score (nSPS) is 38.2. The maximum atomic E-state index is 6.23. The van der Waals surface area contributed by atoms with Crippen LogP contribution in [-0.2, 0) is 0 Å². The van der Waals surface area contributed by atoms with E-state index in [1.165, 1.54) is 64.3 Å². The van der Waals surface area contributed by atoms with E-state index in [0.717, 1.165) is 18.5 Å². The van der Waals surface area contributed by atoms with Gasteiger partial charge in [0.1, 0.15) is 0 Å². The van der Waals surface area contributed by atoms with Crippen LogP contribution in [0.15, 0.2) is 0 Å².